The van der Waals surface area contributed by atoms with Gasteiger partial charge in [0.2, 0.25) is 0 Å². The number of para-hydroxylation sites is 1. The second kappa shape index (κ2) is 6.00. The first kappa shape index (κ1) is 17.4. The van der Waals surface area contributed by atoms with Gasteiger partial charge in [0, 0.05) is 5.56 Å². The summed E-state index contributed by atoms with van der Waals surface area (Å²) in [5.74, 6) is -2.91. The van der Waals surface area contributed by atoms with Crippen LogP contribution in [0.4, 0.5) is 26.3 Å². The summed E-state index contributed by atoms with van der Waals surface area (Å²) in [4.78, 5) is 0. The average molecular weight is 318 g/mol. The fraction of sp³-hybridized carbons (Fsp3) is 0.500. The Kier molecular flexibility index (Phi) is 4.98. The maximum absolute atomic E-state index is 12.4. The van der Waals surface area contributed by atoms with Crippen molar-refractivity contribution in [2.45, 2.75) is 32.7 Å². The minimum absolute atomic E-state index is 0.441. The van der Waals surface area contributed by atoms with E-state index in [1.807, 2.05) is 0 Å². The molecule has 0 heterocycles. The Morgan fingerprint density at radius 3 is 1.90 bits per heavy atom. The molecule has 21 heavy (non-hydrogen) atoms. The number of ether oxygens (including phenoxy) is 2. The van der Waals surface area contributed by atoms with Crippen molar-refractivity contribution in [3.63, 3.8) is 0 Å². The predicted molar refractivity (Wildman–Crippen MR) is 59.6 cm³/mol. The molecule has 1 N–H and O–H groups in total. The predicted octanol–water partition coefficient (Wildman–Crippen LogP) is 4.17. The second-order valence-corrected chi connectivity index (χ2v) is 4.46. The van der Waals surface area contributed by atoms with Gasteiger partial charge in [-0.1, -0.05) is 26.0 Å². The Morgan fingerprint density at radius 1 is 0.952 bits per heavy atom. The zero-order chi connectivity index (χ0) is 16.4. The third-order valence-corrected chi connectivity index (χ3v) is 2.40. The Hall–Kier alpha value is -1.64. The number of halogens is 6. The first-order valence-corrected chi connectivity index (χ1v) is 5.73. The zero-order valence-corrected chi connectivity index (χ0v) is 10.9. The average Bonchev–Trinajstić information content (AvgIpc) is 2.26. The van der Waals surface area contributed by atoms with E-state index in [2.05, 4.69) is 9.47 Å². The van der Waals surface area contributed by atoms with Crippen LogP contribution in [0, 0.1) is 5.92 Å². The zero-order valence-electron chi connectivity index (χ0n) is 10.9. The maximum Gasteiger partial charge on any atom is 0.573 e. The molecule has 0 spiro atoms. The third-order valence-electron chi connectivity index (χ3n) is 2.40. The minimum Gasteiger partial charge on any atom is -0.402 e. The van der Waals surface area contributed by atoms with Crippen molar-refractivity contribution in [2.75, 3.05) is 0 Å². The van der Waals surface area contributed by atoms with Crippen LogP contribution >= 0.6 is 0 Å². The van der Waals surface area contributed by atoms with Crippen molar-refractivity contribution in [1.29, 1.82) is 0 Å². The topological polar surface area (TPSA) is 38.7 Å². The summed E-state index contributed by atoms with van der Waals surface area (Å²) < 4.78 is 80.9. The van der Waals surface area contributed by atoms with Crippen LogP contribution in [0.1, 0.15) is 25.5 Å². The van der Waals surface area contributed by atoms with E-state index in [9.17, 15) is 31.4 Å². The standard InChI is InChI=1S/C12H12F6O3/c1-6(2)9(19)7-4-3-5-8(20-11(13,14)15)10(7)21-12(16,17)18/h3-6,9,19H,1-2H3. The number of hydrogen-bond donors (Lipinski definition) is 1. The number of alkyl halides is 6. The normalized spacial score (nSPS) is 14.2. The number of benzene rings is 1. The Labute approximate surface area is 116 Å². The maximum atomic E-state index is 12.4. The summed E-state index contributed by atoms with van der Waals surface area (Å²) in [5.41, 5.74) is -0.441. The van der Waals surface area contributed by atoms with Crippen molar-refractivity contribution >= 4 is 0 Å². The van der Waals surface area contributed by atoms with Crippen LogP contribution in [0.2, 0.25) is 0 Å². The highest BCUT2D eigenvalue weighted by molar-refractivity contribution is 5.48. The first-order chi connectivity index (χ1) is 9.41. The lowest BCUT2D eigenvalue weighted by Crippen LogP contribution is -2.23. The van der Waals surface area contributed by atoms with Crippen molar-refractivity contribution in [3.8, 4) is 11.5 Å². The van der Waals surface area contributed by atoms with Gasteiger partial charge < -0.3 is 14.6 Å². The molecule has 1 unspecified atom stereocenters. The summed E-state index contributed by atoms with van der Waals surface area (Å²) in [5, 5.41) is 9.81. The SMILES string of the molecule is CC(C)C(O)c1cccc(OC(F)(F)F)c1OC(F)(F)F. The summed E-state index contributed by atoms with van der Waals surface area (Å²) in [7, 11) is 0. The fourth-order valence-electron chi connectivity index (χ4n) is 1.55. The number of rotatable bonds is 4. The minimum atomic E-state index is -5.23. The van der Waals surface area contributed by atoms with Gasteiger partial charge in [0.1, 0.15) is 0 Å². The Bertz CT molecular complexity index is 481. The smallest absolute Gasteiger partial charge is 0.402 e. The number of hydrogen-bond acceptors (Lipinski definition) is 3. The van der Waals surface area contributed by atoms with Gasteiger partial charge in [-0.15, -0.1) is 26.3 Å². The van der Waals surface area contributed by atoms with E-state index >= 15 is 0 Å². The highest BCUT2D eigenvalue weighted by atomic mass is 19.4. The van der Waals surface area contributed by atoms with Crippen molar-refractivity contribution in [2.24, 2.45) is 5.92 Å². The van der Waals surface area contributed by atoms with Crippen molar-refractivity contribution in [3.05, 3.63) is 23.8 Å². The molecule has 0 saturated heterocycles. The van der Waals surface area contributed by atoms with Gasteiger partial charge >= 0.3 is 12.7 Å². The van der Waals surface area contributed by atoms with Crippen LogP contribution in [-0.4, -0.2) is 17.8 Å². The van der Waals surface area contributed by atoms with Crippen LogP contribution in [0.5, 0.6) is 11.5 Å². The van der Waals surface area contributed by atoms with Gasteiger partial charge in [0.05, 0.1) is 6.10 Å². The van der Waals surface area contributed by atoms with Crippen LogP contribution in [0.25, 0.3) is 0 Å². The lowest BCUT2D eigenvalue weighted by molar-refractivity contribution is -0.287. The molecule has 1 aromatic rings. The van der Waals surface area contributed by atoms with Crippen LogP contribution in [0.15, 0.2) is 18.2 Å². The van der Waals surface area contributed by atoms with E-state index in [-0.39, 0.29) is 0 Å². The molecule has 0 aromatic heterocycles. The molecule has 9 heteroatoms. The molecular formula is C12H12F6O3. The summed E-state index contributed by atoms with van der Waals surface area (Å²) in [6.07, 6.45) is -11.9. The molecule has 1 aromatic carbocycles. The lowest BCUT2D eigenvalue weighted by Gasteiger charge is -2.22. The highest BCUT2D eigenvalue weighted by Crippen LogP contribution is 2.42. The number of aliphatic hydroxyl groups is 1. The molecule has 1 rings (SSSR count). The molecule has 1 atom stereocenters. The van der Waals surface area contributed by atoms with Crippen LogP contribution in [0.3, 0.4) is 0 Å². The summed E-state index contributed by atoms with van der Waals surface area (Å²) >= 11 is 0. The van der Waals surface area contributed by atoms with Gasteiger partial charge in [-0.25, -0.2) is 0 Å². The van der Waals surface area contributed by atoms with Crippen LogP contribution < -0.4 is 9.47 Å². The Balaban J connectivity index is 3.34. The third kappa shape index (κ3) is 5.33. The van der Waals surface area contributed by atoms with E-state index < -0.39 is 41.8 Å². The van der Waals surface area contributed by atoms with E-state index in [1.165, 1.54) is 13.8 Å². The van der Waals surface area contributed by atoms with Crippen LogP contribution in [-0.2, 0) is 0 Å². The van der Waals surface area contributed by atoms with E-state index in [0.29, 0.717) is 6.07 Å². The molecular weight excluding hydrogens is 306 g/mol. The molecule has 3 nitrogen and oxygen atoms in total. The molecule has 0 fully saturated rings. The fourth-order valence-corrected chi connectivity index (χ4v) is 1.55. The van der Waals surface area contributed by atoms with Crippen molar-refractivity contribution < 1.29 is 40.9 Å². The second-order valence-electron chi connectivity index (χ2n) is 4.46. The van der Waals surface area contributed by atoms with Gasteiger partial charge in [0.15, 0.2) is 11.5 Å². The van der Waals surface area contributed by atoms with E-state index in [0.717, 1.165) is 12.1 Å². The van der Waals surface area contributed by atoms with E-state index in [4.69, 9.17) is 0 Å². The lowest BCUT2D eigenvalue weighted by atomic mass is 9.98. The molecule has 0 saturated carbocycles. The molecule has 0 bridgehead atoms. The first-order valence-electron chi connectivity index (χ1n) is 5.73. The van der Waals surface area contributed by atoms with Gasteiger partial charge in [-0.2, -0.15) is 0 Å². The van der Waals surface area contributed by atoms with Gasteiger partial charge in [-0.05, 0) is 12.0 Å². The molecule has 0 aliphatic carbocycles. The van der Waals surface area contributed by atoms with Crippen molar-refractivity contribution in [1.82, 2.24) is 0 Å². The quantitative estimate of drug-likeness (QED) is 0.847. The molecule has 0 aliphatic heterocycles. The molecule has 120 valence electrons. The number of aliphatic hydroxyl groups excluding tert-OH is 1. The highest BCUT2D eigenvalue weighted by Gasteiger charge is 2.38. The van der Waals surface area contributed by atoms with E-state index in [1.54, 1.807) is 0 Å². The molecule has 0 amide bonds. The molecule has 0 radical (unpaired) electrons. The van der Waals surface area contributed by atoms with Gasteiger partial charge in [0.25, 0.3) is 0 Å². The monoisotopic (exact) mass is 318 g/mol. The van der Waals surface area contributed by atoms with Gasteiger partial charge in [-0.3, -0.25) is 0 Å². The Morgan fingerprint density at radius 2 is 1.48 bits per heavy atom. The summed E-state index contributed by atoms with van der Waals surface area (Å²) in [6.45, 7) is 2.97. The summed E-state index contributed by atoms with van der Waals surface area (Å²) in [6, 6.07) is 2.74. The molecule has 0 aliphatic rings. The largest absolute Gasteiger partial charge is 0.573 e.